The van der Waals surface area contributed by atoms with Crippen molar-refractivity contribution in [3.05, 3.63) is 47.7 Å². The number of alkyl halides is 3. The SMILES string of the molecule is BC(B)(B)Oc1cnc(C(=O)Nc2ccc(F)c([C@]3(CF)CC[C@](F)(CF)C(N)=N3)c2)cn1. The number of ether oxygens (including phenoxy) is 1. The van der Waals surface area contributed by atoms with E-state index in [1.807, 2.05) is 23.5 Å². The molecule has 3 rings (SSSR count). The predicted molar refractivity (Wildman–Crippen MR) is 124 cm³/mol. The zero-order chi connectivity index (χ0) is 24.4. The number of nitrogens with zero attached hydrogens (tertiary/aromatic N) is 3. The number of nitrogens with one attached hydrogen (secondary N) is 1. The smallest absolute Gasteiger partial charge is 0.275 e. The lowest BCUT2D eigenvalue weighted by Crippen LogP contribution is -2.49. The Labute approximate surface area is 190 Å². The van der Waals surface area contributed by atoms with Crippen LogP contribution in [-0.2, 0) is 5.54 Å². The van der Waals surface area contributed by atoms with Crippen LogP contribution >= 0.6 is 0 Å². The lowest BCUT2D eigenvalue weighted by molar-refractivity contribution is 0.102. The number of amidine groups is 1. The van der Waals surface area contributed by atoms with Gasteiger partial charge in [-0.25, -0.2) is 27.5 Å². The van der Waals surface area contributed by atoms with Gasteiger partial charge >= 0.3 is 0 Å². The highest BCUT2D eigenvalue weighted by Gasteiger charge is 2.47. The Morgan fingerprint density at radius 3 is 2.45 bits per heavy atom. The molecule has 2 aromatic rings. The van der Waals surface area contributed by atoms with E-state index in [0.29, 0.717) is 0 Å². The van der Waals surface area contributed by atoms with Gasteiger partial charge in [0.1, 0.15) is 59.8 Å². The molecule has 7 nitrogen and oxygen atoms in total. The summed E-state index contributed by atoms with van der Waals surface area (Å²) in [6.07, 6.45) is 1.74. The molecule has 1 amide bonds. The normalized spacial score (nSPS) is 23.0. The van der Waals surface area contributed by atoms with Gasteiger partial charge in [0.05, 0.1) is 12.4 Å². The first-order valence-corrected chi connectivity index (χ1v) is 10.2. The van der Waals surface area contributed by atoms with Crippen LogP contribution < -0.4 is 15.8 Å². The fraction of sp³-hybridized carbons (Fsp3) is 0.368. The Morgan fingerprint density at radius 1 is 1.18 bits per heavy atom. The molecule has 1 aliphatic rings. The van der Waals surface area contributed by atoms with Crippen molar-refractivity contribution in [1.82, 2.24) is 9.97 Å². The summed E-state index contributed by atoms with van der Waals surface area (Å²) in [6, 6.07) is 3.48. The van der Waals surface area contributed by atoms with Gasteiger partial charge in [0, 0.05) is 16.5 Å². The van der Waals surface area contributed by atoms with E-state index in [1.165, 1.54) is 24.5 Å². The molecule has 1 aromatic carbocycles. The van der Waals surface area contributed by atoms with Crippen LogP contribution in [0.2, 0.25) is 0 Å². The van der Waals surface area contributed by atoms with Crippen LogP contribution in [0.5, 0.6) is 5.88 Å². The molecule has 2 heterocycles. The summed E-state index contributed by atoms with van der Waals surface area (Å²) in [5.74, 6) is -1.96. The van der Waals surface area contributed by atoms with Crippen LogP contribution in [0.4, 0.5) is 23.2 Å². The molecule has 33 heavy (non-hydrogen) atoms. The average Bonchev–Trinajstić information content (AvgIpc) is 2.76. The Bertz CT molecular complexity index is 1070. The third kappa shape index (κ3) is 5.31. The molecule has 0 unspecified atom stereocenters. The van der Waals surface area contributed by atoms with Crippen molar-refractivity contribution in [2.75, 3.05) is 18.7 Å². The molecular formula is C19H22B3F4N5O2. The monoisotopic (exact) mass is 461 g/mol. The number of halogens is 4. The summed E-state index contributed by atoms with van der Waals surface area (Å²) in [7, 11) is 5.50. The predicted octanol–water partition coefficient (Wildman–Crippen LogP) is -0.249. The minimum absolute atomic E-state index is 0.0348. The van der Waals surface area contributed by atoms with Gasteiger partial charge in [-0.05, 0) is 31.0 Å². The molecule has 0 aliphatic carbocycles. The minimum atomic E-state index is -2.51. The second-order valence-corrected chi connectivity index (χ2v) is 8.86. The van der Waals surface area contributed by atoms with Gasteiger partial charge in [-0.3, -0.25) is 9.79 Å². The van der Waals surface area contributed by atoms with Gasteiger partial charge < -0.3 is 15.8 Å². The molecule has 1 aromatic heterocycles. The molecular weight excluding hydrogens is 439 g/mol. The van der Waals surface area contributed by atoms with Crippen molar-refractivity contribution in [1.29, 1.82) is 0 Å². The first-order valence-electron chi connectivity index (χ1n) is 10.2. The largest absolute Gasteiger partial charge is 0.498 e. The van der Waals surface area contributed by atoms with Crippen molar-refractivity contribution in [2.24, 2.45) is 10.7 Å². The lowest BCUT2D eigenvalue weighted by atomic mass is 9.52. The summed E-state index contributed by atoms with van der Waals surface area (Å²) < 4.78 is 61.7. The van der Waals surface area contributed by atoms with E-state index in [2.05, 4.69) is 20.3 Å². The number of carbonyl (C=O) groups is 1. The number of rotatable bonds is 7. The number of amides is 1. The fourth-order valence-electron chi connectivity index (χ4n) is 3.37. The molecule has 0 saturated heterocycles. The van der Waals surface area contributed by atoms with Gasteiger partial charge in [-0.15, -0.1) is 0 Å². The van der Waals surface area contributed by atoms with Crippen molar-refractivity contribution < 1.29 is 27.1 Å². The van der Waals surface area contributed by atoms with E-state index in [4.69, 9.17) is 10.5 Å². The van der Waals surface area contributed by atoms with Crippen LogP contribution in [-0.4, -0.2) is 69.6 Å². The summed E-state index contributed by atoms with van der Waals surface area (Å²) in [6.45, 7) is -2.60. The van der Waals surface area contributed by atoms with Crippen LogP contribution in [0, 0.1) is 5.82 Å². The molecule has 1 aliphatic heterocycles. The van der Waals surface area contributed by atoms with Gasteiger partial charge in [0.15, 0.2) is 5.67 Å². The lowest BCUT2D eigenvalue weighted by Gasteiger charge is -2.37. The molecule has 0 fully saturated rings. The number of benzene rings is 1. The first-order chi connectivity index (χ1) is 15.4. The minimum Gasteiger partial charge on any atom is -0.498 e. The molecule has 0 saturated carbocycles. The van der Waals surface area contributed by atoms with E-state index in [1.54, 1.807) is 0 Å². The molecule has 14 heteroatoms. The van der Waals surface area contributed by atoms with E-state index >= 15 is 0 Å². The first kappa shape index (κ1) is 24.6. The zero-order valence-electron chi connectivity index (χ0n) is 18.5. The van der Waals surface area contributed by atoms with E-state index < -0.39 is 53.8 Å². The van der Waals surface area contributed by atoms with Crippen LogP contribution in [0.1, 0.15) is 28.9 Å². The van der Waals surface area contributed by atoms with Crippen LogP contribution in [0.15, 0.2) is 35.6 Å². The van der Waals surface area contributed by atoms with Gasteiger partial charge in [-0.2, -0.15) is 0 Å². The van der Waals surface area contributed by atoms with Crippen molar-refractivity contribution in [3.63, 3.8) is 0 Å². The van der Waals surface area contributed by atoms with Gasteiger partial charge in [0.2, 0.25) is 5.88 Å². The average molecular weight is 461 g/mol. The number of hydrogen-bond donors (Lipinski definition) is 2. The maximum absolute atomic E-state index is 14.6. The van der Waals surface area contributed by atoms with Crippen molar-refractivity contribution in [2.45, 2.75) is 29.3 Å². The zero-order valence-corrected chi connectivity index (χ0v) is 18.5. The second-order valence-electron chi connectivity index (χ2n) is 8.86. The summed E-state index contributed by atoms with van der Waals surface area (Å²) in [5, 5.41) is 2.03. The number of aliphatic imine (C=N–C) groups is 1. The van der Waals surface area contributed by atoms with Gasteiger partial charge in [0.25, 0.3) is 5.91 Å². The Hall–Kier alpha value is -3.05. The van der Waals surface area contributed by atoms with Crippen molar-refractivity contribution in [3.8, 4) is 5.88 Å². The molecule has 2 atom stereocenters. The van der Waals surface area contributed by atoms with Crippen molar-refractivity contribution >= 4 is 41.0 Å². The van der Waals surface area contributed by atoms with E-state index in [9.17, 15) is 22.4 Å². The quantitative estimate of drug-likeness (QED) is 0.438. The summed E-state index contributed by atoms with van der Waals surface area (Å²) >= 11 is 0. The highest BCUT2D eigenvalue weighted by molar-refractivity contribution is 6.58. The van der Waals surface area contributed by atoms with Gasteiger partial charge in [-0.1, -0.05) is 0 Å². The number of anilines is 1. The second kappa shape index (κ2) is 9.07. The highest BCUT2D eigenvalue weighted by atomic mass is 19.2. The number of nitrogens with two attached hydrogens (primary N) is 1. The fourth-order valence-corrected chi connectivity index (χ4v) is 3.37. The van der Waals surface area contributed by atoms with E-state index in [0.717, 1.165) is 6.07 Å². The number of hydrogen-bond acceptors (Lipinski definition) is 6. The highest BCUT2D eigenvalue weighted by Crippen LogP contribution is 2.41. The number of aromatic nitrogens is 2. The summed E-state index contributed by atoms with van der Waals surface area (Å²) in [5.41, 5.74) is 1.08. The Balaban J connectivity index is 1.85. The molecule has 172 valence electrons. The Morgan fingerprint density at radius 2 is 1.91 bits per heavy atom. The standard InChI is InChI=1S/C19H22B3F4N5O2/c20-19(21,22)33-14-7-28-13(6-29-14)15(32)30-10-1-2-12(25)11(5-10)18(9-24)4-3-17(26,8-23)16(27)31-18/h1-2,5-7H,3-4,8-9,20-22H2,(H2,27,31)(H,30,32)/t17-,18+/m0/s1. The number of carbonyl (C=O) groups excluding carboxylic acids is 1. The Kier molecular flexibility index (Phi) is 6.76. The maximum atomic E-state index is 14.6. The molecule has 0 bridgehead atoms. The maximum Gasteiger partial charge on any atom is 0.275 e. The third-order valence-corrected chi connectivity index (χ3v) is 5.16. The van der Waals surface area contributed by atoms with Crippen LogP contribution in [0.3, 0.4) is 0 Å². The van der Waals surface area contributed by atoms with Crippen LogP contribution in [0.25, 0.3) is 0 Å². The third-order valence-electron chi connectivity index (χ3n) is 5.16. The molecule has 0 spiro atoms. The molecule has 3 N–H and O–H groups in total. The molecule has 0 radical (unpaired) electrons. The van der Waals surface area contributed by atoms with E-state index in [-0.39, 0.29) is 29.2 Å². The summed E-state index contributed by atoms with van der Waals surface area (Å²) in [4.78, 5) is 24.4. The topological polar surface area (TPSA) is 102 Å².